The second-order valence-electron chi connectivity index (χ2n) is 7.85. The van der Waals surface area contributed by atoms with Gasteiger partial charge in [0.2, 0.25) is 0 Å². The van der Waals surface area contributed by atoms with Crippen LogP contribution in [0.4, 0.5) is 18.0 Å². The Morgan fingerprint density at radius 2 is 1.89 bits per heavy atom. The van der Waals surface area contributed by atoms with Gasteiger partial charge in [-0.1, -0.05) is 15.9 Å². The summed E-state index contributed by atoms with van der Waals surface area (Å²) in [6.07, 6.45) is -3.32. The zero-order chi connectivity index (χ0) is 20.9. The van der Waals surface area contributed by atoms with Gasteiger partial charge in [-0.25, -0.2) is 4.79 Å². The number of rotatable bonds is 5. The summed E-state index contributed by atoms with van der Waals surface area (Å²) < 4.78 is 48.4. The van der Waals surface area contributed by atoms with Gasteiger partial charge in [-0.15, -0.1) is 0 Å². The van der Waals surface area contributed by atoms with E-state index in [1.54, 1.807) is 18.2 Å². The first-order chi connectivity index (χ1) is 12.9. The van der Waals surface area contributed by atoms with Crippen molar-refractivity contribution in [2.45, 2.75) is 58.0 Å². The molecule has 5 nitrogen and oxygen atoms in total. The third kappa shape index (κ3) is 8.26. The Morgan fingerprint density at radius 3 is 2.46 bits per heavy atom. The molecule has 0 spiro atoms. The molecular weight excluding hydrogens is 441 g/mol. The van der Waals surface area contributed by atoms with Crippen LogP contribution in [-0.2, 0) is 11.3 Å². The minimum atomic E-state index is -4.38. The van der Waals surface area contributed by atoms with E-state index in [0.29, 0.717) is 25.2 Å². The van der Waals surface area contributed by atoms with Gasteiger partial charge in [0.15, 0.2) is 6.61 Å². The smallest absolute Gasteiger partial charge is 0.422 e. The summed E-state index contributed by atoms with van der Waals surface area (Å²) in [5.74, 6) is 0.231. The summed E-state index contributed by atoms with van der Waals surface area (Å²) in [7, 11) is 0. The number of alkyl halides is 3. The first-order valence-corrected chi connectivity index (χ1v) is 9.90. The number of hydrogen-bond donors (Lipinski definition) is 1. The van der Waals surface area contributed by atoms with E-state index >= 15 is 0 Å². The summed E-state index contributed by atoms with van der Waals surface area (Å²) in [4.78, 5) is 14.0. The van der Waals surface area contributed by atoms with Crippen molar-refractivity contribution >= 4 is 22.0 Å². The first kappa shape index (κ1) is 22.8. The Morgan fingerprint density at radius 1 is 1.25 bits per heavy atom. The Bertz CT molecular complexity index is 669. The predicted molar refractivity (Wildman–Crippen MR) is 103 cm³/mol. The zero-order valence-electron chi connectivity index (χ0n) is 16.2. The zero-order valence-corrected chi connectivity index (χ0v) is 17.8. The number of piperidine rings is 1. The van der Waals surface area contributed by atoms with E-state index in [1.165, 1.54) is 0 Å². The van der Waals surface area contributed by atoms with Crippen LogP contribution >= 0.6 is 15.9 Å². The molecule has 0 bridgehead atoms. The standard InChI is InChI=1S/C19H26BrF3N2O3/c1-18(2,3)28-17(26)24-15-6-8-25(9-7-15)11-13-10-14(20)4-5-16(13)27-12-19(21,22)23/h4-5,10,15H,6-9,11-12H2,1-3H3,(H,24,26). The maximum Gasteiger partial charge on any atom is 0.422 e. The summed E-state index contributed by atoms with van der Waals surface area (Å²) in [6, 6.07) is 5.00. The molecule has 1 aromatic carbocycles. The van der Waals surface area contributed by atoms with Gasteiger partial charge in [0, 0.05) is 35.7 Å². The van der Waals surface area contributed by atoms with Crippen molar-refractivity contribution in [3.8, 4) is 5.75 Å². The van der Waals surface area contributed by atoms with Crippen molar-refractivity contribution in [1.29, 1.82) is 0 Å². The Hall–Kier alpha value is -1.48. The number of carbonyl (C=O) groups is 1. The SMILES string of the molecule is CC(C)(C)OC(=O)NC1CCN(Cc2cc(Br)ccc2OCC(F)(F)F)CC1. The van der Waals surface area contributed by atoms with E-state index in [-0.39, 0.29) is 11.8 Å². The van der Waals surface area contributed by atoms with E-state index in [0.717, 1.165) is 17.3 Å². The first-order valence-electron chi connectivity index (χ1n) is 9.11. The van der Waals surface area contributed by atoms with Gasteiger partial charge in [-0.05, 0) is 51.8 Å². The van der Waals surface area contributed by atoms with Crippen LogP contribution in [0.3, 0.4) is 0 Å². The van der Waals surface area contributed by atoms with Crippen LogP contribution in [0.2, 0.25) is 0 Å². The van der Waals surface area contributed by atoms with Crippen LogP contribution < -0.4 is 10.1 Å². The molecule has 0 atom stereocenters. The van der Waals surface area contributed by atoms with E-state index in [2.05, 4.69) is 26.1 Å². The molecule has 1 aromatic rings. The molecule has 1 fully saturated rings. The van der Waals surface area contributed by atoms with Gasteiger partial charge in [-0.3, -0.25) is 4.90 Å². The van der Waals surface area contributed by atoms with Crippen molar-refractivity contribution < 1.29 is 27.4 Å². The van der Waals surface area contributed by atoms with Crippen molar-refractivity contribution in [3.63, 3.8) is 0 Å². The van der Waals surface area contributed by atoms with Crippen molar-refractivity contribution in [3.05, 3.63) is 28.2 Å². The van der Waals surface area contributed by atoms with Gasteiger partial charge in [0.05, 0.1) is 0 Å². The number of benzene rings is 1. The fraction of sp³-hybridized carbons (Fsp3) is 0.632. The van der Waals surface area contributed by atoms with E-state index < -0.39 is 24.5 Å². The summed E-state index contributed by atoms with van der Waals surface area (Å²) in [6.45, 7) is 6.02. The van der Waals surface area contributed by atoms with Crippen molar-refractivity contribution in [2.75, 3.05) is 19.7 Å². The average molecular weight is 467 g/mol. The molecule has 0 saturated carbocycles. The van der Waals surface area contributed by atoms with E-state index in [1.807, 2.05) is 20.8 Å². The summed E-state index contributed by atoms with van der Waals surface area (Å²) in [5.41, 5.74) is 0.148. The van der Waals surface area contributed by atoms with Crippen molar-refractivity contribution in [2.24, 2.45) is 0 Å². The fourth-order valence-corrected chi connectivity index (χ4v) is 3.33. The number of alkyl carbamates (subject to hydrolysis) is 1. The number of hydrogen-bond acceptors (Lipinski definition) is 4. The normalized spacial score (nSPS) is 16.7. The van der Waals surface area contributed by atoms with Gasteiger partial charge in [-0.2, -0.15) is 13.2 Å². The second kappa shape index (κ2) is 9.35. The monoisotopic (exact) mass is 466 g/mol. The molecule has 1 heterocycles. The lowest BCUT2D eigenvalue weighted by molar-refractivity contribution is -0.153. The van der Waals surface area contributed by atoms with Gasteiger partial charge in [0.25, 0.3) is 0 Å². The quantitative estimate of drug-likeness (QED) is 0.671. The van der Waals surface area contributed by atoms with Crippen LogP contribution in [-0.4, -0.2) is 48.5 Å². The van der Waals surface area contributed by atoms with Crippen molar-refractivity contribution in [1.82, 2.24) is 10.2 Å². The minimum absolute atomic E-state index is 0.0227. The number of amides is 1. The maximum absolute atomic E-state index is 12.5. The molecule has 0 radical (unpaired) electrons. The lowest BCUT2D eigenvalue weighted by Crippen LogP contribution is -2.45. The van der Waals surface area contributed by atoms with Crippen LogP contribution in [0, 0.1) is 0 Å². The molecule has 158 valence electrons. The molecule has 1 amide bonds. The largest absolute Gasteiger partial charge is 0.484 e. The Kier molecular flexibility index (Phi) is 7.61. The molecule has 9 heteroatoms. The third-order valence-electron chi connectivity index (χ3n) is 4.12. The predicted octanol–water partition coefficient (Wildman–Crippen LogP) is 4.88. The molecule has 1 saturated heterocycles. The number of halogens is 4. The molecule has 1 aliphatic rings. The van der Waals surface area contributed by atoms with Crippen LogP contribution in [0.5, 0.6) is 5.75 Å². The molecular formula is C19H26BrF3N2O3. The molecule has 2 rings (SSSR count). The van der Waals surface area contributed by atoms with Crippen LogP contribution in [0.15, 0.2) is 22.7 Å². The number of carbonyl (C=O) groups excluding carboxylic acids is 1. The summed E-state index contributed by atoms with van der Waals surface area (Å²) >= 11 is 3.35. The van der Waals surface area contributed by atoms with Gasteiger partial charge in [0.1, 0.15) is 11.4 Å². The van der Waals surface area contributed by atoms with Gasteiger partial charge >= 0.3 is 12.3 Å². The topological polar surface area (TPSA) is 50.8 Å². The van der Waals surface area contributed by atoms with E-state index in [9.17, 15) is 18.0 Å². The number of nitrogens with zero attached hydrogens (tertiary/aromatic N) is 1. The van der Waals surface area contributed by atoms with Crippen LogP contribution in [0.25, 0.3) is 0 Å². The average Bonchev–Trinajstić information content (AvgIpc) is 2.53. The highest BCUT2D eigenvalue weighted by Crippen LogP contribution is 2.27. The highest BCUT2D eigenvalue weighted by Gasteiger charge is 2.29. The fourth-order valence-electron chi connectivity index (χ4n) is 2.92. The van der Waals surface area contributed by atoms with Gasteiger partial charge < -0.3 is 14.8 Å². The maximum atomic E-state index is 12.5. The molecule has 0 unspecified atom stereocenters. The lowest BCUT2D eigenvalue weighted by atomic mass is 10.0. The molecule has 1 N–H and O–H groups in total. The number of ether oxygens (including phenoxy) is 2. The highest BCUT2D eigenvalue weighted by molar-refractivity contribution is 9.10. The molecule has 0 aromatic heterocycles. The van der Waals surface area contributed by atoms with E-state index in [4.69, 9.17) is 9.47 Å². The third-order valence-corrected chi connectivity index (χ3v) is 4.61. The highest BCUT2D eigenvalue weighted by atomic mass is 79.9. The second-order valence-corrected chi connectivity index (χ2v) is 8.77. The Labute approximate surface area is 171 Å². The molecule has 28 heavy (non-hydrogen) atoms. The summed E-state index contributed by atoms with van der Waals surface area (Å²) in [5, 5.41) is 2.87. The minimum Gasteiger partial charge on any atom is -0.484 e. The lowest BCUT2D eigenvalue weighted by Gasteiger charge is -2.33. The number of likely N-dealkylation sites (tertiary alicyclic amines) is 1. The molecule has 1 aliphatic heterocycles. The molecule has 0 aliphatic carbocycles. The Balaban J connectivity index is 1.89. The van der Waals surface area contributed by atoms with Crippen LogP contribution in [0.1, 0.15) is 39.2 Å². The number of nitrogens with one attached hydrogen (secondary N) is 1.